The fourth-order valence-corrected chi connectivity index (χ4v) is 1.51. The molecule has 1 amide bonds. The molecule has 1 aromatic heterocycles. The van der Waals surface area contributed by atoms with Crippen LogP contribution in [0, 0.1) is 0 Å². The molecule has 0 saturated heterocycles. The molecule has 1 rings (SSSR count). The molecular weight excluding hydrogens is 170 g/mol. The first-order valence-electron chi connectivity index (χ1n) is 4.15. The van der Waals surface area contributed by atoms with Gasteiger partial charge in [0, 0.05) is 17.5 Å². The molecule has 0 aliphatic carbocycles. The highest BCUT2D eigenvalue weighted by Gasteiger charge is 2.02. The zero-order chi connectivity index (χ0) is 8.81. The van der Waals surface area contributed by atoms with Crippen molar-refractivity contribution in [3.8, 4) is 0 Å². The minimum absolute atomic E-state index is 0.0460. The number of carbonyl (C=O) groups excluding carboxylic acids is 1. The second-order valence-corrected chi connectivity index (χ2v) is 3.40. The molecule has 2 nitrogen and oxygen atoms in total. The molecule has 0 spiro atoms. The minimum Gasteiger partial charge on any atom is -0.352 e. The van der Waals surface area contributed by atoms with Crippen molar-refractivity contribution in [2.45, 2.75) is 19.8 Å². The Morgan fingerprint density at radius 2 is 2.50 bits per heavy atom. The smallest absolute Gasteiger partial charge is 0.252 e. The number of thiophene rings is 1. The Morgan fingerprint density at radius 3 is 3.08 bits per heavy atom. The Balaban J connectivity index is 2.30. The summed E-state index contributed by atoms with van der Waals surface area (Å²) in [6.45, 7) is 2.89. The molecular formula is C9H13NOS. The van der Waals surface area contributed by atoms with Gasteiger partial charge in [0.25, 0.3) is 5.91 Å². The monoisotopic (exact) mass is 183 g/mol. The highest BCUT2D eigenvalue weighted by Crippen LogP contribution is 2.04. The lowest BCUT2D eigenvalue weighted by atomic mass is 10.3. The first kappa shape index (κ1) is 9.26. The third-order valence-electron chi connectivity index (χ3n) is 1.60. The fraction of sp³-hybridized carbons (Fsp3) is 0.444. The van der Waals surface area contributed by atoms with E-state index in [0.717, 1.165) is 24.9 Å². The van der Waals surface area contributed by atoms with Crippen molar-refractivity contribution < 1.29 is 4.79 Å². The second-order valence-electron chi connectivity index (χ2n) is 2.62. The van der Waals surface area contributed by atoms with Crippen molar-refractivity contribution in [3.63, 3.8) is 0 Å². The fourth-order valence-electron chi connectivity index (χ4n) is 0.874. The van der Waals surface area contributed by atoms with Gasteiger partial charge in [0.05, 0.1) is 0 Å². The van der Waals surface area contributed by atoms with Gasteiger partial charge in [0.1, 0.15) is 0 Å². The van der Waals surface area contributed by atoms with Crippen LogP contribution in [0.3, 0.4) is 0 Å². The standard InChI is InChI=1S/C9H13NOS/c1-2-3-5-10-9(11)8-4-6-12-7-8/h4,6-7H,2-3,5H2,1H3,(H,10,11). The summed E-state index contributed by atoms with van der Waals surface area (Å²) < 4.78 is 0. The number of hydrogen-bond acceptors (Lipinski definition) is 2. The number of hydrogen-bond donors (Lipinski definition) is 1. The van der Waals surface area contributed by atoms with Crippen molar-refractivity contribution in [2.24, 2.45) is 0 Å². The van der Waals surface area contributed by atoms with Gasteiger partial charge in [-0.1, -0.05) is 13.3 Å². The van der Waals surface area contributed by atoms with Crippen molar-refractivity contribution in [1.82, 2.24) is 5.32 Å². The number of carbonyl (C=O) groups is 1. The van der Waals surface area contributed by atoms with Crippen molar-refractivity contribution in [3.05, 3.63) is 22.4 Å². The first-order valence-corrected chi connectivity index (χ1v) is 5.09. The molecule has 1 heterocycles. The van der Waals surface area contributed by atoms with Gasteiger partial charge in [-0.3, -0.25) is 4.79 Å². The Hall–Kier alpha value is -0.830. The second kappa shape index (κ2) is 4.93. The Morgan fingerprint density at radius 1 is 1.67 bits per heavy atom. The van der Waals surface area contributed by atoms with E-state index in [0.29, 0.717) is 0 Å². The van der Waals surface area contributed by atoms with Crippen LogP contribution in [-0.2, 0) is 0 Å². The summed E-state index contributed by atoms with van der Waals surface area (Å²) in [7, 11) is 0. The van der Waals surface area contributed by atoms with E-state index < -0.39 is 0 Å². The summed E-state index contributed by atoms with van der Waals surface area (Å²) in [6.07, 6.45) is 2.17. The van der Waals surface area contributed by atoms with Gasteiger partial charge in [0.15, 0.2) is 0 Å². The van der Waals surface area contributed by atoms with Crippen LogP contribution in [0.25, 0.3) is 0 Å². The molecule has 66 valence electrons. The molecule has 0 fully saturated rings. The molecule has 0 unspecified atom stereocenters. The molecule has 1 aromatic rings. The van der Waals surface area contributed by atoms with Gasteiger partial charge in [-0.05, 0) is 17.9 Å². The van der Waals surface area contributed by atoms with Crippen molar-refractivity contribution >= 4 is 17.2 Å². The van der Waals surface area contributed by atoms with E-state index in [2.05, 4.69) is 12.2 Å². The summed E-state index contributed by atoms with van der Waals surface area (Å²) in [5.41, 5.74) is 0.774. The maximum Gasteiger partial charge on any atom is 0.252 e. The molecule has 3 heteroatoms. The van der Waals surface area contributed by atoms with Gasteiger partial charge >= 0.3 is 0 Å². The van der Waals surface area contributed by atoms with E-state index in [1.165, 1.54) is 0 Å². The lowest BCUT2D eigenvalue weighted by Gasteiger charge is -2.00. The molecule has 0 bridgehead atoms. The van der Waals surface area contributed by atoms with Crippen molar-refractivity contribution in [1.29, 1.82) is 0 Å². The Kier molecular flexibility index (Phi) is 3.80. The van der Waals surface area contributed by atoms with Crippen LogP contribution in [0.15, 0.2) is 16.8 Å². The summed E-state index contributed by atoms with van der Waals surface area (Å²) in [5, 5.41) is 6.63. The average Bonchev–Trinajstić information content (AvgIpc) is 2.56. The largest absolute Gasteiger partial charge is 0.352 e. The van der Waals surface area contributed by atoms with Gasteiger partial charge in [-0.15, -0.1) is 0 Å². The molecule has 0 aliphatic rings. The Labute approximate surface area is 76.6 Å². The predicted octanol–water partition coefficient (Wildman–Crippen LogP) is 2.28. The highest BCUT2D eigenvalue weighted by atomic mass is 32.1. The van der Waals surface area contributed by atoms with Crippen LogP contribution in [-0.4, -0.2) is 12.5 Å². The van der Waals surface area contributed by atoms with Gasteiger partial charge in [0.2, 0.25) is 0 Å². The number of nitrogens with one attached hydrogen (secondary N) is 1. The SMILES string of the molecule is CCCCNC(=O)c1ccsc1. The third-order valence-corrected chi connectivity index (χ3v) is 2.28. The third kappa shape index (κ3) is 2.66. The van der Waals surface area contributed by atoms with Crippen LogP contribution in [0.4, 0.5) is 0 Å². The van der Waals surface area contributed by atoms with Gasteiger partial charge in [-0.2, -0.15) is 11.3 Å². The zero-order valence-electron chi connectivity index (χ0n) is 7.17. The van der Waals surface area contributed by atoms with E-state index in [1.807, 2.05) is 16.8 Å². The molecule has 0 radical (unpaired) electrons. The number of amides is 1. The van der Waals surface area contributed by atoms with E-state index in [1.54, 1.807) is 11.3 Å². The summed E-state index contributed by atoms with van der Waals surface area (Å²) in [6, 6.07) is 1.84. The van der Waals surface area contributed by atoms with Crippen molar-refractivity contribution in [2.75, 3.05) is 6.54 Å². The topological polar surface area (TPSA) is 29.1 Å². The summed E-state index contributed by atoms with van der Waals surface area (Å²) in [5.74, 6) is 0.0460. The average molecular weight is 183 g/mol. The predicted molar refractivity (Wildman–Crippen MR) is 51.6 cm³/mol. The molecule has 12 heavy (non-hydrogen) atoms. The Bertz CT molecular complexity index is 231. The van der Waals surface area contributed by atoms with Gasteiger partial charge in [-0.25, -0.2) is 0 Å². The molecule has 0 aromatic carbocycles. The normalized spacial score (nSPS) is 9.75. The van der Waals surface area contributed by atoms with Crippen LogP contribution in [0.1, 0.15) is 30.1 Å². The maximum absolute atomic E-state index is 11.3. The molecule has 0 saturated carbocycles. The van der Waals surface area contributed by atoms with Crippen LogP contribution < -0.4 is 5.32 Å². The van der Waals surface area contributed by atoms with Gasteiger partial charge < -0.3 is 5.32 Å². The number of unbranched alkanes of at least 4 members (excludes halogenated alkanes) is 1. The first-order chi connectivity index (χ1) is 5.84. The van der Waals surface area contributed by atoms with Crippen LogP contribution >= 0.6 is 11.3 Å². The molecule has 0 aliphatic heterocycles. The number of rotatable bonds is 4. The van der Waals surface area contributed by atoms with E-state index >= 15 is 0 Å². The zero-order valence-corrected chi connectivity index (χ0v) is 7.99. The maximum atomic E-state index is 11.3. The lowest BCUT2D eigenvalue weighted by molar-refractivity contribution is 0.0953. The van der Waals surface area contributed by atoms with Crippen LogP contribution in [0.5, 0.6) is 0 Å². The minimum atomic E-state index is 0.0460. The summed E-state index contributed by atoms with van der Waals surface area (Å²) >= 11 is 1.55. The highest BCUT2D eigenvalue weighted by molar-refractivity contribution is 7.08. The van der Waals surface area contributed by atoms with E-state index in [4.69, 9.17) is 0 Å². The summed E-state index contributed by atoms with van der Waals surface area (Å²) in [4.78, 5) is 11.3. The van der Waals surface area contributed by atoms with E-state index in [9.17, 15) is 4.79 Å². The lowest BCUT2D eigenvalue weighted by Crippen LogP contribution is -2.23. The molecule has 0 atom stereocenters. The van der Waals surface area contributed by atoms with E-state index in [-0.39, 0.29) is 5.91 Å². The van der Waals surface area contributed by atoms with Crippen LogP contribution in [0.2, 0.25) is 0 Å². The molecule has 1 N–H and O–H groups in total. The quantitative estimate of drug-likeness (QED) is 0.713.